The first-order chi connectivity index (χ1) is 17.9. The van der Waals surface area contributed by atoms with Crippen LogP contribution >= 0.6 is 0 Å². The van der Waals surface area contributed by atoms with Crippen molar-refractivity contribution in [3.8, 4) is 5.75 Å². The second-order valence-corrected chi connectivity index (χ2v) is 12.1. The number of phenols is 1. The topological polar surface area (TPSA) is 110 Å². The molecule has 1 aliphatic heterocycles. The van der Waals surface area contributed by atoms with Gasteiger partial charge < -0.3 is 14.9 Å². The second kappa shape index (κ2) is 9.71. The smallest absolute Gasteiger partial charge is 0.338 e. The third-order valence-corrected chi connectivity index (χ3v) is 8.16. The largest absolute Gasteiger partial charge is 0.512 e. The van der Waals surface area contributed by atoms with E-state index in [0.29, 0.717) is 36.6 Å². The van der Waals surface area contributed by atoms with E-state index in [1.54, 1.807) is 10.6 Å². The molecule has 1 saturated carbocycles. The number of aromatic hydroxyl groups is 1. The number of esters is 1. The Balaban J connectivity index is 1.41. The van der Waals surface area contributed by atoms with E-state index < -0.39 is 11.6 Å². The summed E-state index contributed by atoms with van der Waals surface area (Å²) < 4.78 is 7.94. The molecule has 0 saturated heterocycles. The molecule has 1 unspecified atom stereocenters. The number of cyclic esters (lactones) is 1. The number of rotatable bonds is 6. The van der Waals surface area contributed by atoms with Gasteiger partial charge in [-0.1, -0.05) is 45.7 Å². The van der Waals surface area contributed by atoms with Crippen LogP contribution in [0.15, 0.2) is 35.6 Å². The summed E-state index contributed by atoms with van der Waals surface area (Å²) in [6.45, 7) is 10.1. The van der Waals surface area contributed by atoms with E-state index in [9.17, 15) is 15.0 Å². The van der Waals surface area contributed by atoms with E-state index in [1.165, 1.54) is 0 Å². The SMILES string of the molecule is Cc1cc(C)n2nc(CC3=C(O)CC(CCc4ccc(O)c(C(C)(C)C)c4)(C4CCCC4)OC3=O)nc2n1. The molecular formula is C30H38N4O4. The van der Waals surface area contributed by atoms with Gasteiger partial charge in [-0.25, -0.2) is 14.3 Å². The quantitative estimate of drug-likeness (QED) is 0.408. The molecule has 3 aromatic rings. The van der Waals surface area contributed by atoms with Crippen LogP contribution in [0.3, 0.4) is 0 Å². The Labute approximate surface area is 223 Å². The molecule has 1 fully saturated rings. The van der Waals surface area contributed by atoms with Gasteiger partial charge in [0.2, 0.25) is 0 Å². The summed E-state index contributed by atoms with van der Waals surface area (Å²) in [4.78, 5) is 22.3. The fourth-order valence-corrected chi connectivity index (χ4v) is 6.12. The van der Waals surface area contributed by atoms with Crippen molar-refractivity contribution in [1.29, 1.82) is 0 Å². The van der Waals surface area contributed by atoms with Crippen LogP contribution in [-0.2, 0) is 27.8 Å². The molecule has 8 nitrogen and oxygen atoms in total. The number of carbonyl (C=O) groups excluding carboxylic acids is 1. The number of aliphatic hydroxyl groups excluding tert-OH is 1. The monoisotopic (exact) mass is 518 g/mol. The molecule has 5 rings (SSSR count). The molecule has 2 N–H and O–H groups in total. The Hall–Kier alpha value is -3.42. The highest BCUT2D eigenvalue weighted by Gasteiger charge is 2.48. The molecule has 1 aliphatic carbocycles. The molecule has 0 radical (unpaired) electrons. The number of ether oxygens (including phenoxy) is 1. The Bertz CT molecular complexity index is 1410. The molecule has 0 bridgehead atoms. The number of fused-ring (bicyclic) bond motifs is 1. The number of aryl methyl sites for hydroxylation is 3. The zero-order valence-corrected chi connectivity index (χ0v) is 23.0. The number of hydrogen-bond acceptors (Lipinski definition) is 7. The van der Waals surface area contributed by atoms with Crippen molar-refractivity contribution in [2.45, 2.75) is 97.0 Å². The molecule has 8 heteroatoms. The Morgan fingerprint density at radius 2 is 1.84 bits per heavy atom. The Morgan fingerprint density at radius 1 is 1.11 bits per heavy atom. The van der Waals surface area contributed by atoms with Crippen LogP contribution in [0.1, 0.15) is 87.6 Å². The zero-order valence-electron chi connectivity index (χ0n) is 23.0. The van der Waals surface area contributed by atoms with Crippen molar-refractivity contribution in [1.82, 2.24) is 19.6 Å². The second-order valence-electron chi connectivity index (χ2n) is 12.1. The van der Waals surface area contributed by atoms with Gasteiger partial charge >= 0.3 is 5.97 Å². The van der Waals surface area contributed by atoms with Gasteiger partial charge in [-0.2, -0.15) is 4.98 Å². The van der Waals surface area contributed by atoms with Crippen LogP contribution in [-0.4, -0.2) is 41.4 Å². The highest BCUT2D eigenvalue weighted by Crippen LogP contribution is 2.46. The maximum Gasteiger partial charge on any atom is 0.338 e. The number of aliphatic hydroxyl groups is 1. The van der Waals surface area contributed by atoms with Gasteiger partial charge in [-0.15, -0.1) is 5.10 Å². The summed E-state index contributed by atoms with van der Waals surface area (Å²) in [5.41, 5.74) is 3.02. The third-order valence-electron chi connectivity index (χ3n) is 8.16. The lowest BCUT2D eigenvalue weighted by molar-refractivity contribution is -0.167. The third kappa shape index (κ3) is 5.00. The van der Waals surface area contributed by atoms with E-state index in [4.69, 9.17) is 4.74 Å². The molecule has 202 valence electrons. The molecule has 3 heterocycles. The number of phenolic OH excluding ortho intramolecular Hbond substituents is 1. The molecule has 2 aliphatic rings. The molecule has 38 heavy (non-hydrogen) atoms. The highest BCUT2D eigenvalue weighted by atomic mass is 16.6. The van der Waals surface area contributed by atoms with Gasteiger partial charge in [-0.3, -0.25) is 0 Å². The number of benzene rings is 1. The van der Waals surface area contributed by atoms with Gasteiger partial charge in [0.05, 0.1) is 5.57 Å². The average Bonchev–Trinajstić information content (AvgIpc) is 3.51. The lowest BCUT2D eigenvalue weighted by Gasteiger charge is -2.42. The molecular weight excluding hydrogens is 480 g/mol. The van der Waals surface area contributed by atoms with Crippen molar-refractivity contribution in [3.63, 3.8) is 0 Å². The summed E-state index contributed by atoms with van der Waals surface area (Å²) in [5.74, 6) is 0.998. The maximum atomic E-state index is 13.4. The van der Waals surface area contributed by atoms with Crippen LogP contribution in [0.25, 0.3) is 5.78 Å². The number of carbonyl (C=O) groups is 1. The van der Waals surface area contributed by atoms with E-state index in [2.05, 4.69) is 41.9 Å². The predicted octanol–water partition coefficient (Wildman–Crippen LogP) is 5.61. The van der Waals surface area contributed by atoms with Crippen molar-refractivity contribution in [3.05, 3.63) is 63.9 Å². The maximum absolute atomic E-state index is 13.4. The molecule has 0 spiro atoms. The van der Waals surface area contributed by atoms with E-state index in [1.807, 2.05) is 26.0 Å². The predicted molar refractivity (Wildman–Crippen MR) is 144 cm³/mol. The summed E-state index contributed by atoms with van der Waals surface area (Å²) in [5, 5.41) is 26.1. The first-order valence-electron chi connectivity index (χ1n) is 13.6. The van der Waals surface area contributed by atoms with Crippen molar-refractivity contribution >= 4 is 11.7 Å². The highest BCUT2D eigenvalue weighted by molar-refractivity contribution is 5.90. The van der Waals surface area contributed by atoms with Gasteiger partial charge in [0.1, 0.15) is 17.1 Å². The van der Waals surface area contributed by atoms with Gasteiger partial charge in [0.15, 0.2) is 5.82 Å². The molecule has 1 aromatic carbocycles. The standard InChI is InChI=1S/C30H38N4O4/c1-18-14-19(2)34-28(31-18)32-26(33-34)16-22-25(36)17-30(38-27(22)37,21-8-6-7-9-21)13-12-20-10-11-24(35)23(15-20)29(3,4)5/h10-11,14-15,21,35-36H,6-9,12-13,16-17H2,1-5H3. The molecule has 1 atom stereocenters. The first kappa shape index (κ1) is 26.2. The summed E-state index contributed by atoms with van der Waals surface area (Å²) in [6, 6.07) is 7.66. The van der Waals surface area contributed by atoms with E-state index >= 15 is 0 Å². The van der Waals surface area contributed by atoms with Gasteiger partial charge in [0, 0.05) is 24.2 Å². The summed E-state index contributed by atoms with van der Waals surface area (Å²) in [6.07, 6.45) is 5.87. The van der Waals surface area contributed by atoms with Gasteiger partial charge in [0.25, 0.3) is 5.78 Å². The molecule has 0 amide bonds. The van der Waals surface area contributed by atoms with E-state index in [-0.39, 0.29) is 29.1 Å². The normalized spacial score (nSPS) is 20.9. The van der Waals surface area contributed by atoms with Crippen LogP contribution < -0.4 is 0 Å². The number of hydrogen-bond donors (Lipinski definition) is 2. The van der Waals surface area contributed by atoms with Crippen molar-refractivity contribution in [2.24, 2.45) is 5.92 Å². The average molecular weight is 519 g/mol. The minimum Gasteiger partial charge on any atom is -0.512 e. The summed E-state index contributed by atoms with van der Waals surface area (Å²) in [7, 11) is 0. The van der Waals surface area contributed by atoms with Crippen LogP contribution in [0.2, 0.25) is 0 Å². The fourth-order valence-electron chi connectivity index (χ4n) is 6.12. The minimum atomic E-state index is -0.747. The first-order valence-corrected chi connectivity index (χ1v) is 13.6. The zero-order chi connectivity index (χ0) is 27.2. The number of nitrogens with zero attached hydrogens (tertiary/aromatic N) is 4. The van der Waals surface area contributed by atoms with Crippen molar-refractivity contribution in [2.75, 3.05) is 0 Å². The van der Waals surface area contributed by atoms with Crippen LogP contribution in [0.5, 0.6) is 5.75 Å². The lowest BCUT2D eigenvalue weighted by Crippen LogP contribution is -2.46. The fraction of sp³-hybridized carbons (Fsp3) is 0.533. The van der Waals surface area contributed by atoms with Crippen LogP contribution in [0.4, 0.5) is 0 Å². The Kier molecular flexibility index (Phi) is 6.70. The molecule has 2 aromatic heterocycles. The summed E-state index contributed by atoms with van der Waals surface area (Å²) >= 11 is 0. The minimum absolute atomic E-state index is 0.0777. The lowest BCUT2D eigenvalue weighted by atomic mass is 9.76. The van der Waals surface area contributed by atoms with Crippen LogP contribution in [0, 0.1) is 19.8 Å². The Morgan fingerprint density at radius 3 is 2.53 bits per heavy atom. The number of aromatic nitrogens is 4. The van der Waals surface area contributed by atoms with Crippen molar-refractivity contribution < 1.29 is 19.7 Å². The van der Waals surface area contributed by atoms with Gasteiger partial charge in [-0.05, 0) is 74.1 Å². The van der Waals surface area contributed by atoms with E-state index in [0.717, 1.165) is 48.2 Å².